The van der Waals surface area contributed by atoms with E-state index in [2.05, 4.69) is 15.6 Å². The van der Waals surface area contributed by atoms with Crippen molar-refractivity contribution in [2.45, 2.75) is 6.54 Å². The molecule has 2 N–H and O–H groups in total. The Bertz CT molecular complexity index is 514. The zero-order valence-electron chi connectivity index (χ0n) is 11.2. The molecule has 1 aliphatic heterocycles. The van der Waals surface area contributed by atoms with Gasteiger partial charge in [-0.1, -0.05) is 6.07 Å². The monoisotopic (exact) mass is 271 g/mol. The Labute approximate surface area is 118 Å². The van der Waals surface area contributed by atoms with E-state index in [4.69, 9.17) is 5.26 Å². The van der Waals surface area contributed by atoms with Gasteiger partial charge in [0.15, 0.2) is 0 Å². The number of hydrogen-bond donors (Lipinski definition) is 2. The first kappa shape index (κ1) is 14.0. The average molecular weight is 271 g/mol. The Balaban J connectivity index is 1.92. The van der Waals surface area contributed by atoms with Crippen LogP contribution >= 0.6 is 0 Å². The van der Waals surface area contributed by atoms with Crippen LogP contribution in [0.3, 0.4) is 0 Å². The zero-order chi connectivity index (χ0) is 14.2. The Kier molecular flexibility index (Phi) is 5.09. The summed E-state index contributed by atoms with van der Waals surface area (Å²) in [5.74, 6) is -0.352. The Morgan fingerprint density at radius 1 is 1.55 bits per heavy atom. The molecule has 0 spiro atoms. The van der Waals surface area contributed by atoms with Crippen LogP contribution in [0.1, 0.15) is 5.56 Å². The molecule has 20 heavy (non-hydrogen) atoms. The maximum Gasteiger partial charge on any atom is 0.263 e. The number of carbonyl (C=O) groups is 1. The van der Waals surface area contributed by atoms with Gasteiger partial charge in [-0.25, -0.2) is 0 Å². The summed E-state index contributed by atoms with van der Waals surface area (Å²) in [6, 6.07) is 5.64. The van der Waals surface area contributed by atoms with E-state index in [1.807, 2.05) is 23.1 Å². The maximum atomic E-state index is 12.0. The number of rotatable bonds is 4. The van der Waals surface area contributed by atoms with Gasteiger partial charge in [0.2, 0.25) is 0 Å². The van der Waals surface area contributed by atoms with Crippen LogP contribution in [0, 0.1) is 11.3 Å². The first-order valence-electron chi connectivity index (χ1n) is 6.53. The van der Waals surface area contributed by atoms with E-state index in [0.29, 0.717) is 6.54 Å². The Morgan fingerprint density at radius 3 is 3.00 bits per heavy atom. The third kappa shape index (κ3) is 4.07. The molecule has 0 atom stereocenters. The molecule has 0 bridgehead atoms. The molecular formula is C14H17N5O. The molecule has 0 unspecified atom stereocenters. The normalized spacial score (nSPS) is 15.6. The summed E-state index contributed by atoms with van der Waals surface area (Å²) in [6.07, 6.45) is 5.00. The molecule has 1 amide bonds. The highest BCUT2D eigenvalue weighted by Gasteiger charge is 2.12. The summed E-state index contributed by atoms with van der Waals surface area (Å²) >= 11 is 0. The van der Waals surface area contributed by atoms with Crippen molar-refractivity contribution in [3.05, 3.63) is 41.9 Å². The molecule has 104 valence electrons. The molecule has 6 heteroatoms. The van der Waals surface area contributed by atoms with Gasteiger partial charge in [0.25, 0.3) is 5.91 Å². The lowest BCUT2D eigenvalue weighted by molar-refractivity contribution is -0.117. The molecule has 1 aliphatic rings. The van der Waals surface area contributed by atoms with Crippen molar-refractivity contribution >= 4 is 5.91 Å². The maximum absolute atomic E-state index is 12.0. The van der Waals surface area contributed by atoms with Gasteiger partial charge in [-0.15, -0.1) is 0 Å². The average Bonchev–Trinajstić information content (AvgIpc) is 2.52. The second-order valence-electron chi connectivity index (χ2n) is 4.48. The standard InChI is InChI=1S/C14H17N5O/c15-8-13(11-19-6-4-16-5-7-19)14(20)18-10-12-2-1-3-17-9-12/h1-3,9,11,16H,4-7,10H2,(H,18,20)/b13-11-. The van der Waals surface area contributed by atoms with E-state index in [-0.39, 0.29) is 11.5 Å². The topological polar surface area (TPSA) is 81.0 Å². The molecule has 0 aliphatic carbocycles. The van der Waals surface area contributed by atoms with Crippen LogP contribution in [0.25, 0.3) is 0 Å². The first-order chi connectivity index (χ1) is 9.79. The summed E-state index contributed by atoms with van der Waals surface area (Å²) in [5, 5.41) is 15.0. The summed E-state index contributed by atoms with van der Waals surface area (Å²) in [6.45, 7) is 3.72. The van der Waals surface area contributed by atoms with Crippen molar-refractivity contribution in [1.29, 1.82) is 5.26 Å². The smallest absolute Gasteiger partial charge is 0.263 e. The highest BCUT2D eigenvalue weighted by molar-refractivity contribution is 5.97. The summed E-state index contributed by atoms with van der Waals surface area (Å²) in [4.78, 5) is 17.9. The lowest BCUT2D eigenvalue weighted by Crippen LogP contribution is -2.41. The number of piperazine rings is 1. The van der Waals surface area contributed by atoms with Gasteiger partial charge in [0.05, 0.1) is 0 Å². The minimum atomic E-state index is -0.352. The van der Waals surface area contributed by atoms with Gasteiger partial charge < -0.3 is 15.5 Å². The predicted molar refractivity (Wildman–Crippen MR) is 74.2 cm³/mol. The molecule has 0 radical (unpaired) electrons. The van der Waals surface area contributed by atoms with E-state index in [1.54, 1.807) is 18.6 Å². The van der Waals surface area contributed by atoms with Gasteiger partial charge in [0.1, 0.15) is 11.6 Å². The molecule has 0 saturated carbocycles. The van der Waals surface area contributed by atoms with Crippen molar-refractivity contribution in [1.82, 2.24) is 20.5 Å². The number of hydrogen-bond acceptors (Lipinski definition) is 5. The van der Waals surface area contributed by atoms with Crippen LogP contribution in [0.4, 0.5) is 0 Å². The van der Waals surface area contributed by atoms with Gasteiger partial charge >= 0.3 is 0 Å². The van der Waals surface area contributed by atoms with Crippen molar-refractivity contribution in [3.63, 3.8) is 0 Å². The number of carbonyl (C=O) groups excluding carboxylic acids is 1. The van der Waals surface area contributed by atoms with E-state index >= 15 is 0 Å². The van der Waals surface area contributed by atoms with Crippen molar-refractivity contribution < 1.29 is 4.79 Å². The Morgan fingerprint density at radius 2 is 2.35 bits per heavy atom. The van der Waals surface area contributed by atoms with E-state index in [9.17, 15) is 4.79 Å². The van der Waals surface area contributed by atoms with Gasteiger partial charge in [-0.3, -0.25) is 9.78 Å². The van der Waals surface area contributed by atoms with Crippen LogP contribution in [0.5, 0.6) is 0 Å². The van der Waals surface area contributed by atoms with E-state index in [0.717, 1.165) is 31.7 Å². The predicted octanol–water partition coefficient (Wildman–Crippen LogP) is 0.0105. The van der Waals surface area contributed by atoms with E-state index in [1.165, 1.54) is 0 Å². The summed E-state index contributed by atoms with van der Waals surface area (Å²) in [5.41, 5.74) is 1.04. The second kappa shape index (κ2) is 7.26. The SMILES string of the molecule is N#C/C(=C/N1CCNCC1)C(=O)NCc1cccnc1. The lowest BCUT2D eigenvalue weighted by Gasteiger charge is -2.26. The van der Waals surface area contributed by atoms with Gasteiger partial charge in [-0.05, 0) is 11.6 Å². The van der Waals surface area contributed by atoms with Crippen molar-refractivity contribution in [2.24, 2.45) is 0 Å². The minimum absolute atomic E-state index is 0.135. The second-order valence-corrected chi connectivity index (χ2v) is 4.48. The molecule has 1 saturated heterocycles. The molecule has 2 heterocycles. The van der Waals surface area contributed by atoms with Crippen LogP contribution in [-0.2, 0) is 11.3 Å². The molecule has 0 aromatic carbocycles. The molecule has 1 aromatic rings. The van der Waals surface area contributed by atoms with Crippen LogP contribution in [0.15, 0.2) is 36.3 Å². The number of aromatic nitrogens is 1. The fourth-order valence-corrected chi connectivity index (χ4v) is 1.91. The minimum Gasteiger partial charge on any atom is -0.374 e. The lowest BCUT2D eigenvalue weighted by atomic mass is 10.2. The van der Waals surface area contributed by atoms with Crippen LogP contribution < -0.4 is 10.6 Å². The van der Waals surface area contributed by atoms with Gasteiger partial charge in [0, 0.05) is 51.3 Å². The molecule has 1 fully saturated rings. The highest BCUT2D eigenvalue weighted by Crippen LogP contribution is 2.01. The third-order valence-corrected chi connectivity index (χ3v) is 3.00. The van der Waals surface area contributed by atoms with Crippen LogP contribution in [0.2, 0.25) is 0 Å². The highest BCUT2D eigenvalue weighted by atomic mass is 16.1. The number of pyridine rings is 1. The fourth-order valence-electron chi connectivity index (χ4n) is 1.91. The zero-order valence-corrected chi connectivity index (χ0v) is 11.2. The third-order valence-electron chi connectivity index (χ3n) is 3.00. The fraction of sp³-hybridized carbons (Fsp3) is 0.357. The number of nitrogens with one attached hydrogen (secondary N) is 2. The first-order valence-corrected chi connectivity index (χ1v) is 6.53. The van der Waals surface area contributed by atoms with E-state index < -0.39 is 0 Å². The number of nitrogens with zero attached hydrogens (tertiary/aromatic N) is 3. The quantitative estimate of drug-likeness (QED) is 0.595. The number of amides is 1. The van der Waals surface area contributed by atoms with Gasteiger partial charge in [-0.2, -0.15) is 5.26 Å². The summed E-state index contributed by atoms with van der Waals surface area (Å²) < 4.78 is 0. The molecule has 2 rings (SSSR count). The van der Waals surface area contributed by atoms with Crippen molar-refractivity contribution in [2.75, 3.05) is 26.2 Å². The number of nitriles is 1. The molecule has 1 aromatic heterocycles. The largest absolute Gasteiger partial charge is 0.374 e. The summed E-state index contributed by atoms with van der Waals surface area (Å²) in [7, 11) is 0. The molecule has 6 nitrogen and oxygen atoms in total. The van der Waals surface area contributed by atoms with Crippen molar-refractivity contribution in [3.8, 4) is 6.07 Å². The van der Waals surface area contributed by atoms with Crippen LogP contribution in [-0.4, -0.2) is 42.0 Å². The molecular weight excluding hydrogens is 254 g/mol. The Hall–Kier alpha value is -2.39.